The number of anilines is 2. The molecule has 192 valence electrons. The maximum absolute atomic E-state index is 12.8. The van der Waals surface area contributed by atoms with Crippen molar-refractivity contribution in [3.63, 3.8) is 0 Å². The van der Waals surface area contributed by atoms with Crippen molar-refractivity contribution < 1.29 is 19.1 Å². The van der Waals surface area contributed by atoms with Crippen LogP contribution in [0.4, 0.5) is 16.2 Å². The van der Waals surface area contributed by atoms with Gasteiger partial charge in [0.1, 0.15) is 5.75 Å². The number of Topliss-reactive ketones (excluding diaryl/α,β-unsaturated/α-hetero) is 1. The minimum Gasteiger partial charge on any atom is -0.497 e. The van der Waals surface area contributed by atoms with Crippen LogP contribution in [0.25, 0.3) is 0 Å². The number of hydrogen-bond acceptors (Lipinski definition) is 5. The standard InChI is InChI=1S/C32H30N2O4/c1-37-29-18-14-24(15-19-29)20-21-33-23-30(35)31(38-32(33)36)22-25-12-16-28(17-13-25)34(26-8-4-2-5-9-26)27-10-6-3-7-11-27/h2-16,18-19,22,28H,17,20-21,23H2,1H3/b31-22+. The zero-order valence-electron chi connectivity index (χ0n) is 21.3. The summed E-state index contributed by atoms with van der Waals surface area (Å²) in [6.45, 7) is 0.416. The Morgan fingerprint density at radius 3 is 2.18 bits per heavy atom. The topological polar surface area (TPSA) is 59.1 Å². The number of carbonyl (C=O) groups is 2. The number of amides is 1. The highest BCUT2D eigenvalue weighted by molar-refractivity contribution is 6.01. The highest BCUT2D eigenvalue weighted by Gasteiger charge is 2.30. The van der Waals surface area contributed by atoms with Crippen LogP contribution in [-0.4, -0.2) is 43.0 Å². The van der Waals surface area contributed by atoms with Crippen molar-refractivity contribution in [1.29, 1.82) is 0 Å². The predicted octanol–water partition coefficient (Wildman–Crippen LogP) is 6.24. The molecule has 1 saturated heterocycles. The Hall–Kier alpha value is -4.58. The molecule has 0 aromatic heterocycles. The molecule has 5 rings (SSSR count). The number of ether oxygens (including phenoxy) is 2. The van der Waals surface area contributed by atoms with Crippen molar-refractivity contribution in [2.75, 3.05) is 25.1 Å². The fraction of sp³-hybridized carbons (Fsp3) is 0.188. The van der Waals surface area contributed by atoms with Crippen LogP contribution < -0.4 is 9.64 Å². The van der Waals surface area contributed by atoms with Gasteiger partial charge in [-0.15, -0.1) is 0 Å². The van der Waals surface area contributed by atoms with Crippen molar-refractivity contribution in [2.24, 2.45) is 0 Å². The first-order valence-corrected chi connectivity index (χ1v) is 12.7. The predicted molar refractivity (Wildman–Crippen MR) is 148 cm³/mol. The second-order valence-electron chi connectivity index (χ2n) is 9.23. The number of ketones is 1. The van der Waals surface area contributed by atoms with E-state index in [4.69, 9.17) is 9.47 Å². The lowest BCUT2D eigenvalue weighted by Gasteiger charge is -2.33. The molecule has 1 atom stereocenters. The number of methoxy groups -OCH3 is 1. The quantitative estimate of drug-likeness (QED) is 0.339. The first kappa shape index (κ1) is 25.1. The summed E-state index contributed by atoms with van der Waals surface area (Å²) in [6, 6.07) is 28.3. The van der Waals surface area contributed by atoms with Crippen molar-refractivity contribution in [2.45, 2.75) is 18.9 Å². The molecule has 1 unspecified atom stereocenters. The number of nitrogens with zero attached hydrogens (tertiary/aromatic N) is 2. The lowest BCUT2D eigenvalue weighted by atomic mass is 9.99. The van der Waals surface area contributed by atoms with Crippen molar-refractivity contribution in [3.05, 3.63) is 126 Å². The summed E-state index contributed by atoms with van der Waals surface area (Å²) in [4.78, 5) is 29.2. The molecule has 6 nitrogen and oxygen atoms in total. The molecule has 1 fully saturated rings. The number of carbonyl (C=O) groups excluding carboxylic acids is 2. The van der Waals surface area contributed by atoms with Crippen LogP contribution in [0.1, 0.15) is 12.0 Å². The van der Waals surface area contributed by atoms with Gasteiger partial charge >= 0.3 is 6.09 Å². The monoisotopic (exact) mass is 506 g/mol. The Labute approximate surface area is 223 Å². The van der Waals surface area contributed by atoms with E-state index in [2.05, 4.69) is 41.3 Å². The van der Waals surface area contributed by atoms with Gasteiger partial charge in [-0.25, -0.2) is 4.79 Å². The van der Waals surface area contributed by atoms with Gasteiger partial charge in [-0.05, 0) is 66.5 Å². The molecule has 38 heavy (non-hydrogen) atoms. The van der Waals surface area contributed by atoms with Crippen LogP contribution in [0, 0.1) is 0 Å². The normalized spacial score (nSPS) is 18.2. The van der Waals surface area contributed by atoms with Crippen molar-refractivity contribution >= 4 is 23.3 Å². The third-order valence-corrected chi connectivity index (χ3v) is 6.70. The molecule has 2 aliphatic rings. The average molecular weight is 507 g/mol. The summed E-state index contributed by atoms with van der Waals surface area (Å²) in [6.07, 6.45) is 8.73. The van der Waals surface area contributed by atoms with Gasteiger partial charge in [0.15, 0.2) is 5.76 Å². The Kier molecular flexibility index (Phi) is 7.69. The Morgan fingerprint density at radius 2 is 1.61 bits per heavy atom. The summed E-state index contributed by atoms with van der Waals surface area (Å²) >= 11 is 0. The Bertz CT molecular complexity index is 1320. The number of para-hydroxylation sites is 2. The minimum absolute atomic E-state index is 0.0102. The number of rotatable bonds is 8. The average Bonchev–Trinajstić information content (AvgIpc) is 2.96. The number of hydrogen-bond donors (Lipinski definition) is 0. The van der Waals surface area contributed by atoms with E-state index in [0.29, 0.717) is 13.0 Å². The second kappa shape index (κ2) is 11.6. The number of allylic oxidation sites excluding steroid dienone is 3. The van der Waals surface area contributed by atoms with Gasteiger partial charge in [-0.2, -0.15) is 0 Å². The lowest BCUT2D eigenvalue weighted by Crippen LogP contribution is -2.43. The molecular weight excluding hydrogens is 476 g/mol. The molecule has 1 amide bonds. The van der Waals surface area contributed by atoms with Crippen molar-refractivity contribution in [1.82, 2.24) is 4.90 Å². The fourth-order valence-corrected chi connectivity index (χ4v) is 4.65. The van der Waals surface area contributed by atoms with Gasteiger partial charge < -0.3 is 14.4 Å². The molecule has 0 radical (unpaired) electrons. The molecule has 3 aromatic carbocycles. The maximum atomic E-state index is 12.8. The summed E-state index contributed by atoms with van der Waals surface area (Å²) in [5.74, 6) is 0.667. The minimum atomic E-state index is -0.498. The molecule has 0 bridgehead atoms. The van der Waals surface area contributed by atoms with E-state index in [1.807, 2.05) is 66.7 Å². The van der Waals surface area contributed by atoms with E-state index in [1.54, 1.807) is 13.2 Å². The zero-order chi connectivity index (χ0) is 26.3. The SMILES string of the molecule is COc1ccc(CCN2CC(=O)/C(=C\C3=CCC(N(c4ccccc4)c4ccccc4)C=C3)OC2=O)cc1. The summed E-state index contributed by atoms with van der Waals surface area (Å²) in [5.41, 5.74) is 4.12. The van der Waals surface area contributed by atoms with Crippen LogP contribution in [-0.2, 0) is 16.0 Å². The van der Waals surface area contributed by atoms with Crippen molar-refractivity contribution in [3.8, 4) is 5.75 Å². The molecule has 1 aliphatic carbocycles. The summed E-state index contributed by atoms with van der Waals surface area (Å²) in [5, 5.41) is 0. The third kappa shape index (κ3) is 5.86. The largest absolute Gasteiger partial charge is 0.497 e. The molecular formula is C32H30N2O4. The fourth-order valence-electron chi connectivity index (χ4n) is 4.65. The third-order valence-electron chi connectivity index (χ3n) is 6.70. The zero-order valence-corrected chi connectivity index (χ0v) is 21.3. The maximum Gasteiger partial charge on any atom is 0.415 e. The van der Waals surface area contributed by atoms with Gasteiger partial charge in [-0.3, -0.25) is 9.69 Å². The van der Waals surface area contributed by atoms with Gasteiger partial charge in [-0.1, -0.05) is 66.8 Å². The number of cyclic esters (lactones) is 1. The van der Waals surface area contributed by atoms with Gasteiger partial charge in [0, 0.05) is 17.9 Å². The van der Waals surface area contributed by atoms with Gasteiger partial charge in [0.05, 0.1) is 19.7 Å². The molecule has 3 aromatic rings. The van der Waals surface area contributed by atoms with Crippen LogP contribution in [0.3, 0.4) is 0 Å². The second-order valence-corrected chi connectivity index (χ2v) is 9.23. The van der Waals surface area contributed by atoms with Crippen LogP contribution in [0.2, 0.25) is 0 Å². The van der Waals surface area contributed by atoms with E-state index in [9.17, 15) is 9.59 Å². The van der Waals surface area contributed by atoms with E-state index in [0.717, 1.165) is 34.7 Å². The highest BCUT2D eigenvalue weighted by Crippen LogP contribution is 2.31. The van der Waals surface area contributed by atoms with Crippen LogP contribution >= 0.6 is 0 Å². The Balaban J connectivity index is 1.23. The molecule has 0 N–H and O–H groups in total. The molecule has 1 heterocycles. The van der Waals surface area contributed by atoms with Crippen LogP contribution in [0.5, 0.6) is 5.75 Å². The molecule has 0 saturated carbocycles. The summed E-state index contributed by atoms with van der Waals surface area (Å²) < 4.78 is 10.6. The van der Waals surface area contributed by atoms with E-state index < -0.39 is 6.09 Å². The Morgan fingerprint density at radius 1 is 0.947 bits per heavy atom. The smallest absolute Gasteiger partial charge is 0.415 e. The summed E-state index contributed by atoms with van der Waals surface area (Å²) in [7, 11) is 1.62. The molecule has 1 aliphatic heterocycles. The number of benzene rings is 3. The molecule has 6 heteroatoms. The van der Waals surface area contributed by atoms with Gasteiger partial charge in [0.2, 0.25) is 5.78 Å². The van der Waals surface area contributed by atoms with E-state index in [-0.39, 0.29) is 24.1 Å². The van der Waals surface area contributed by atoms with Gasteiger partial charge in [0.25, 0.3) is 0 Å². The lowest BCUT2D eigenvalue weighted by molar-refractivity contribution is -0.121. The van der Waals surface area contributed by atoms with E-state index in [1.165, 1.54) is 4.90 Å². The molecule has 0 spiro atoms. The van der Waals surface area contributed by atoms with E-state index >= 15 is 0 Å². The van der Waals surface area contributed by atoms with Crippen LogP contribution in [0.15, 0.2) is 121 Å². The highest BCUT2D eigenvalue weighted by atomic mass is 16.6. The first-order chi connectivity index (χ1) is 18.6. The first-order valence-electron chi connectivity index (χ1n) is 12.7.